The summed E-state index contributed by atoms with van der Waals surface area (Å²) in [6, 6.07) is 9.54. The van der Waals surface area contributed by atoms with E-state index in [9.17, 15) is 4.79 Å². The molecule has 0 fully saturated rings. The second kappa shape index (κ2) is 6.35. The van der Waals surface area contributed by atoms with Gasteiger partial charge < -0.3 is 5.32 Å². The zero-order chi connectivity index (χ0) is 14.6. The Labute approximate surface area is 127 Å². The van der Waals surface area contributed by atoms with E-state index in [1.165, 1.54) is 0 Å². The van der Waals surface area contributed by atoms with Crippen molar-refractivity contribution in [1.82, 2.24) is 10.3 Å². The number of hydrogen-bond donors (Lipinski definition) is 1. The van der Waals surface area contributed by atoms with E-state index in [2.05, 4.69) is 40.1 Å². The number of rotatable bonds is 5. The van der Waals surface area contributed by atoms with Gasteiger partial charge in [0.1, 0.15) is 0 Å². The van der Waals surface area contributed by atoms with Gasteiger partial charge in [0.15, 0.2) is 0 Å². The number of aromatic nitrogens is 1. The molecule has 0 aliphatic carbocycles. The third-order valence-corrected chi connectivity index (χ3v) is 4.94. The number of carbonyl (C=O) groups excluding carboxylic acids is 1. The van der Waals surface area contributed by atoms with Crippen LogP contribution in [0.4, 0.5) is 0 Å². The number of carbonyl (C=O) groups is 1. The van der Waals surface area contributed by atoms with Crippen molar-refractivity contribution in [2.75, 3.05) is 5.33 Å². The molecule has 0 aliphatic heterocycles. The van der Waals surface area contributed by atoms with E-state index in [0.29, 0.717) is 5.56 Å². The quantitative estimate of drug-likeness (QED) is 0.842. The van der Waals surface area contributed by atoms with E-state index >= 15 is 0 Å². The van der Waals surface area contributed by atoms with Gasteiger partial charge in [0.05, 0.1) is 11.1 Å². The minimum absolute atomic E-state index is 0.0579. The molecule has 1 N–H and O–H groups in total. The lowest BCUT2D eigenvalue weighted by Crippen LogP contribution is -2.49. The van der Waals surface area contributed by atoms with Crippen molar-refractivity contribution in [3.63, 3.8) is 0 Å². The Hall–Kier alpha value is -1.42. The monoisotopic (exact) mass is 334 g/mol. The average molecular weight is 335 g/mol. The zero-order valence-electron chi connectivity index (χ0n) is 11.8. The topological polar surface area (TPSA) is 42.0 Å². The smallest absolute Gasteiger partial charge is 0.253 e. The maximum Gasteiger partial charge on any atom is 0.253 e. The number of para-hydroxylation sites is 1. The number of fused-ring (bicyclic) bond motifs is 1. The van der Waals surface area contributed by atoms with Crippen molar-refractivity contribution >= 4 is 32.7 Å². The van der Waals surface area contributed by atoms with Crippen LogP contribution in [0.3, 0.4) is 0 Å². The molecule has 2 rings (SSSR count). The normalized spacial score (nSPS) is 11.6. The average Bonchev–Trinajstić information content (AvgIpc) is 2.52. The molecule has 0 radical (unpaired) electrons. The number of hydrogen-bond acceptors (Lipinski definition) is 2. The highest BCUT2D eigenvalue weighted by Gasteiger charge is 2.27. The van der Waals surface area contributed by atoms with E-state index < -0.39 is 0 Å². The van der Waals surface area contributed by atoms with Crippen molar-refractivity contribution in [1.29, 1.82) is 0 Å². The van der Waals surface area contributed by atoms with E-state index in [-0.39, 0.29) is 11.4 Å². The molecular weight excluding hydrogens is 316 g/mol. The molecule has 0 saturated carbocycles. The molecule has 0 aliphatic rings. The molecule has 2 aromatic rings. The number of halogens is 1. The summed E-state index contributed by atoms with van der Waals surface area (Å²) < 4.78 is 0. The van der Waals surface area contributed by atoms with E-state index in [0.717, 1.165) is 29.1 Å². The van der Waals surface area contributed by atoms with Gasteiger partial charge in [-0.3, -0.25) is 9.78 Å². The largest absolute Gasteiger partial charge is 0.346 e. The van der Waals surface area contributed by atoms with Crippen LogP contribution in [0.1, 0.15) is 37.0 Å². The second-order valence-corrected chi connectivity index (χ2v) is 5.52. The van der Waals surface area contributed by atoms with Crippen LogP contribution < -0.4 is 5.32 Å². The molecule has 4 heteroatoms. The lowest BCUT2D eigenvalue weighted by molar-refractivity contribution is 0.0905. The van der Waals surface area contributed by atoms with Crippen LogP contribution in [0.25, 0.3) is 10.9 Å². The summed E-state index contributed by atoms with van der Waals surface area (Å²) in [6.07, 6.45) is 3.49. The summed E-state index contributed by atoms with van der Waals surface area (Å²) in [5.74, 6) is -0.0579. The third kappa shape index (κ3) is 2.85. The fourth-order valence-electron chi connectivity index (χ4n) is 2.24. The molecule has 0 spiro atoms. The standard InChI is InChI=1S/C16H19BrN2O/c1-3-16(4-2,11-17)19-15(20)13-9-5-7-12-8-6-10-18-14(12)13/h5-10H,3-4,11H2,1-2H3,(H,19,20). The lowest BCUT2D eigenvalue weighted by Gasteiger charge is -2.31. The summed E-state index contributed by atoms with van der Waals surface area (Å²) in [6.45, 7) is 4.18. The van der Waals surface area contributed by atoms with Gasteiger partial charge in [0.2, 0.25) is 0 Å². The molecular formula is C16H19BrN2O. The van der Waals surface area contributed by atoms with Crippen LogP contribution in [0, 0.1) is 0 Å². The molecule has 20 heavy (non-hydrogen) atoms. The lowest BCUT2D eigenvalue weighted by atomic mass is 9.94. The third-order valence-electron chi connectivity index (χ3n) is 3.87. The highest BCUT2D eigenvalue weighted by Crippen LogP contribution is 2.21. The highest BCUT2D eigenvalue weighted by atomic mass is 79.9. The molecule has 0 unspecified atom stereocenters. The molecule has 0 atom stereocenters. The first-order chi connectivity index (χ1) is 9.65. The minimum Gasteiger partial charge on any atom is -0.346 e. The first-order valence-electron chi connectivity index (χ1n) is 6.88. The Balaban J connectivity index is 2.37. The molecule has 1 aromatic carbocycles. The van der Waals surface area contributed by atoms with Crippen molar-refractivity contribution in [2.24, 2.45) is 0 Å². The number of amides is 1. The van der Waals surface area contributed by atoms with Crippen LogP contribution in [0.2, 0.25) is 0 Å². The Morgan fingerprint density at radius 1 is 1.25 bits per heavy atom. The Bertz CT molecular complexity index is 595. The summed E-state index contributed by atoms with van der Waals surface area (Å²) in [5.41, 5.74) is 1.19. The molecule has 1 aromatic heterocycles. The molecule has 1 amide bonds. The van der Waals surface area contributed by atoms with Gasteiger partial charge in [0.25, 0.3) is 5.91 Å². The van der Waals surface area contributed by atoms with E-state index in [4.69, 9.17) is 0 Å². The Kier molecular flexibility index (Phi) is 4.76. The van der Waals surface area contributed by atoms with Crippen LogP contribution in [-0.2, 0) is 0 Å². The van der Waals surface area contributed by atoms with Crippen LogP contribution in [0.5, 0.6) is 0 Å². The maximum absolute atomic E-state index is 12.6. The SMILES string of the molecule is CCC(CC)(CBr)NC(=O)c1cccc2cccnc12. The van der Waals surface area contributed by atoms with Crippen molar-refractivity contribution in [2.45, 2.75) is 32.2 Å². The van der Waals surface area contributed by atoms with Gasteiger partial charge in [-0.15, -0.1) is 0 Å². The number of benzene rings is 1. The van der Waals surface area contributed by atoms with Gasteiger partial charge in [-0.05, 0) is 25.0 Å². The highest BCUT2D eigenvalue weighted by molar-refractivity contribution is 9.09. The Morgan fingerprint density at radius 3 is 2.60 bits per heavy atom. The molecule has 106 valence electrons. The van der Waals surface area contributed by atoms with Gasteiger partial charge in [-0.2, -0.15) is 0 Å². The summed E-state index contributed by atoms with van der Waals surface area (Å²) >= 11 is 3.51. The number of pyridine rings is 1. The van der Waals surface area contributed by atoms with Crippen molar-refractivity contribution in [3.05, 3.63) is 42.1 Å². The summed E-state index contributed by atoms with van der Waals surface area (Å²) in [4.78, 5) is 16.9. The first-order valence-corrected chi connectivity index (χ1v) is 8.00. The second-order valence-electron chi connectivity index (χ2n) is 4.96. The zero-order valence-corrected chi connectivity index (χ0v) is 13.4. The number of nitrogens with zero attached hydrogens (tertiary/aromatic N) is 1. The van der Waals surface area contributed by atoms with Crippen molar-refractivity contribution < 1.29 is 4.79 Å². The number of nitrogens with one attached hydrogen (secondary N) is 1. The molecule has 0 bridgehead atoms. The van der Waals surface area contributed by atoms with Crippen LogP contribution >= 0.6 is 15.9 Å². The van der Waals surface area contributed by atoms with Gasteiger partial charge in [-0.1, -0.05) is 48.0 Å². The summed E-state index contributed by atoms with van der Waals surface area (Å²) in [7, 11) is 0. The van der Waals surface area contributed by atoms with E-state index in [1.54, 1.807) is 6.20 Å². The van der Waals surface area contributed by atoms with Crippen molar-refractivity contribution in [3.8, 4) is 0 Å². The van der Waals surface area contributed by atoms with Crippen LogP contribution in [-0.4, -0.2) is 21.8 Å². The predicted octanol–water partition coefficient (Wildman–Crippen LogP) is 3.92. The first kappa shape index (κ1) is 15.0. The predicted molar refractivity (Wildman–Crippen MR) is 86.3 cm³/mol. The minimum atomic E-state index is -0.200. The molecule has 3 nitrogen and oxygen atoms in total. The van der Waals surface area contributed by atoms with Gasteiger partial charge >= 0.3 is 0 Å². The molecule has 0 saturated heterocycles. The van der Waals surface area contributed by atoms with E-state index in [1.807, 2.05) is 30.3 Å². The summed E-state index contributed by atoms with van der Waals surface area (Å²) in [5, 5.41) is 4.89. The van der Waals surface area contributed by atoms with Crippen LogP contribution in [0.15, 0.2) is 36.5 Å². The van der Waals surface area contributed by atoms with Gasteiger partial charge in [0, 0.05) is 22.5 Å². The number of alkyl halides is 1. The molecule has 1 heterocycles. The fraction of sp³-hybridized carbons (Fsp3) is 0.375. The Morgan fingerprint density at radius 2 is 1.95 bits per heavy atom. The fourth-order valence-corrected chi connectivity index (χ4v) is 3.18. The van der Waals surface area contributed by atoms with Gasteiger partial charge in [-0.25, -0.2) is 0 Å². The maximum atomic E-state index is 12.6.